The third kappa shape index (κ3) is 2.44. The van der Waals surface area contributed by atoms with Crippen LogP contribution in [0.1, 0.15) is 88.3 Å². The van der Waals surface area contributed by atoms with Gasteiger partial charge in [0, 0.05) is 23.2 Å². The summed E-state index contributed by atoms with van der Waals surface area (Å²) in [6.07, 6.45) is 10.6. The van der Waals surface area contributed by atoms with Crippen molar-refractivity contribution in [1.82, 2.24) is 0 Å². The van der Waals surface area contributed by atoms with Crippen molar-refractivity contribution < 1.29 is 9.90 Å². The van der Waals surface area contributed by atoms with Gasteiger partial charge in [-0.05, 0) is 87.0 Å². The zero-order valence-corrected chi connectivity index (χ0v) is 19.7. The standard InChI is InChI=1S/C30H34O2/c1-4-12-30(32)14-11-26-24-9-7-21-16-22(31)10-13-29(21)17-20-15-19(5-2)6-8-23(20)25(27(24)29)18-28(26,30)3/h6,8,15-16,25-26,32H,5,7,9-11,13-14,17-18H2,1-3H3/t25-,26+,28+,29-,30+/m1/s1. The number of aryl methyl sites for hydroxylation is 1. The minimum absolute atomic E-state index is 0.0317. The molecule has 5 aliphatic rings. The summed E-state index contributed by atoms with van der Waals surface area (Å²) in [7, 11) is 0. The highest BCUT2D eigenvalue weighted by atomic mass is 16.3. The average Bonchev–Trinajstić information content (AvgIpc) is 3.04. The molecule has 0 unspecified atom stereocenters. The summed E-state index contributed by atoms with van der Waals surface area (Å²) in [4.78, 5) is 12.4. The Morgan fingerprint density at radius 1 is 1.19 bits per heavy atom. The van der Waals surface area contributed by atoms with Gasteiger partial charge in [-0.15, -0.1) is 5.92 Å². The molecule has 6 rings (SSSR count). The molecule has 0 radical (unpaired) electrons. The van der Waals surface area contributed by atoms with Gasteiger partial charge in [-0.1, -0.05) is 54.7 Å². The van der Waals surface area contributed by atoms with Crippen molar-refractivity contribution in [2.45, 2.75) is 90.1 Å². The summed E-state index contributed by atoms with van der Waals surface area (Å²) >= 11 is 0. The Hall–Kier alpha value is -2.11. The van der Waals surface area contributed by atoms with Crippen molar-refractivity contribution >= 4 is 5.78 Å². The van der Waals surface area contributed by atoms with E-state index in [1.54, 1.807) is 11.1 Å². The van der Waals surface area contributed by atoms with Gasteiger partial charge in [-0.3, -0.25) is 4.79 Å². The molecule has 0 heterocycles. The second kappa shape index (κ2) is 6.71. The molecular formula is C30H34O2. The smallest absolute Gasteiger partial charge is 0.155 e. The van der Waals surface area contributed by atoms with Crippen LogP contribution in [0.4, 0.5) is 0 Å². The van der Waals surface area contributed by atoms with E-state index in [4.69, 9.17) is 0 Å². The predicted molar refractivity (Wildman–Crippen MR) is 127 cm³/mol. The normalized spacial score (nSPS) is 39.2. The minimum Gasteiger partial charge on any atom is -0.377 e. The maximum atomic E-state index is 12.4. The van der Waals surface area contributed by atoms with E-state index in [9.17, 15) is 9.90 Å². The van der Waals surface area contributed by atoms with Crippen LogP contribution in [0.2, 0.25) is 0 Å². The van der Waals surface area contributed by atoms with Gasteiger partial charge in [0.25, 0.3) is 0 Å². The summed E-state index contributed by atoms with van der Waals surface area (Å²) < 4.78 is 0. The lowest BCUT2D eigenvalue weighted by atomic mass is 9.45. The number of allylic oxidation sites excluding steroid dienone is 4. The van der Waals surface area contributed by atoms with Crippen LogP contribution in [0, 0.1) is 28.6 Å². The molecule has 2 heteroatoms. The molecule has 1 aromatic rings. The Bertz CT molecular complexity index is 1160. The van der Waals surface area contributed by atoms with E-state index >= 15 is 0 Å². The number of benzene rings is 1. The van der Waals surface area contributed by atoms with Crippen molar-refractivity contribution in [3.8, 4) is 11.8 Å². The van der Waals surface area contributed by atoms with Gasteiger partial charge in [0.15, 0.2) is 5.78 Å². The van der Waals surface area contributed by atoms with Gasteiger partial charge in [0.1, 0.15) is 5.60 Å². The van der Waals surface area contributed by atoms with E-state index in [-0.39, 0.29) is 10.8 Å². The third-order valence-corrected chi connectivity index (χ3v) is 9.99. The van der Waals surface area contributed by atoms with Crippen LogP contribution >= 0.6 is 0 Å². The molecule has 1 saturated carbocycles. The summed E-state index contributed by atoms with van der Waals surface area (Å²) in [5.74, 6) is 7.37. The summed E-state index contributed by atoms with van der Waals surface area (Å²) in [5, 5.41) is 11.8. The number of ketones is 1. The number of aliphatic hydroxyl groups is 1. The van der Waals surface area contributed by atoms with Gasteiger partial charge in [0.2, 0.25) is 0 Å². The molecule has 0 aromatic heterocycles. The molecule has 1 spiro atoms. The molecule has 2 nitrogen and oxygen atoms in total. The van der Waals surface area contributed by atoms with Crippen LogP contribution in [0.5, 0.6) is 0 Å². The fourth-order valence-electron chi connectivity index (χ4n) is 8.46. The Morgan fingerprint density at radius 2 is 2.03 bits per heavy atom. The SMILES string of the molecule is CC#C[C@]1(O)CC[C@H]2C3=C4[C@H](C[C@@]21C)c1ccc(CC)cc1C[C@@]41CCC(=O)C=C1CC3. The molecule has 166 valence electrons. The summed E-state index contributed by atoms with van der Waals surface area (Å²) in [6, 6.07) is 7.12. The molecule has 0 saturated heterocycles. The summed E-state index contributed by atoms with van der Waals surface area (Å²) in [6.45, 7) is 6.40. The van der Waals surface area contributed by atoms with Gasteiger partial charge < -0.3 is 5.11 Å². The highest BCUT2D eigenvalue weighted by molar-refractivity contribution is 5.92. The minimum atomic E-state index is -0.905. The molecule has 0 amide bonds. The number of hydrogen-bond acceptors (Lipinski definition) is 2. The Morgan fingerprint density at radius 3 is 2.81 bits per heavy atom. The zero-order valence-electron chi connectivity index (χ0n) is 19.7. The van der Waals surface area contributed by atoms with Crippen LogP contribution in [0.25, 0.3) is 0 Å². The first kappa shape index (κ1) is 20.5. The van der Waals surface area contributed by atoms with Gasteiger partial charge in [0.05, 0.1) is 0 Å². The van der Waals surface area contributed by atoms with Crippen molar-refractivity contribution in [3.63, 3.8) is 0 Å². The maximum absolute atomic E-state index is 12.4. The zero-order chi connectivity index (χ0) is 22.3. The first-order chi connectivity index (χ1) is 15.3. The number of rotatable bonds is 1. The van der Waals surface area contributed by atoms with Crippen LogP contribution < -0.4 is 0 Å². The molecule has 32 heavy (non-hydrogen) atoms. The molecular weight excluding hydrogens is 392 g/mol. The molecule has 0 aliphatic heterocycles. The Kier molecular flexibility index (Phi) is 4.29. The van der Waals surface area contributed by atoms with Crippen molar-refractivity contribution in [3.05, 3.63) is 57.7 Å². The van der Waals surface area contributed by atoms with Gasteiger partial charge in [-0.2, -0.15) is 0 Å². The number of hydrogen-bond donors (Lipinski definition) is 1. The van der Waals surface area contributed by atoms with E-state index in [1.807, 2.05) is 13.0 Å². The number of carbonyl (C=O) groups is 1. The molecule has 1 fully saturated rings. The van der Waals surface area contributed by atoms with Crippen molar-refractivity contribution in [1.29, 1.82) is 0 Å². The van der Waals surface area contributed by atoms with Crippen LogP contribution in [0.15, 0.2) is 41.0 Å². The maximum Gasteiger partial charge on any atom is 0.155 e. The fourth-order valence-corrected chi connectivity index (χ4v) is 8.46. The molecule has 1 N–H and O–H groups in total. The third-order valence-electron chi connectivity index (χ3n) is 9.99. The van der Waals surface area contributed by atoms with Crippen LogP contribution in [-0.2, 0) is 17.6 Å². The van der Waals surface area contributed by atoms with Crippen LogP contribution in [-0.4, -0.2) is 16.5 Å². The predicted octanol–water partition coefficient (Wildman–Crippen LogP) is 5.83. The monoisotopic (exact) mass is 426 g/mol. The molecule has 0 bridgehead atoms. The molecule has 1 aromatic carbocycles. The second-order valence-electron chi connectivity index (χ2n) is 11.2. The van der Waals surface area contributed by atoms with Gasteiger partial charge in [-0.25, -0.2) is 0 Å². The topological polar surface area (TPSA) is 37.3 Å². The molecule has 5 aliphatic carbocycles. The Labute approximate surface area is 192 Å². The van der Waals surface area contributed by atoms with E-state index in [0.29, 0.717) is 24.0 Å². The lowest BCUT2D eigenvalue weighted by Gasteiger charge is -2.58. The lowest BCUT2D eigenvalue weighted by molar-refractivity contribution is -0.115. The van der Waals surface area contributed by atoms with E-state index in [0.717, 1.165) is 51.4 Å². The van der Waals surface area contributed by atoms with Gasteiger partial charge >= 0.3 is 0 Å². The quantitative estimate of drug-likeness (QED) is 0.453. The largest absolute Gasteiger partial charge is 0.377 e. The lowest BCUT2D eigenvalue weighted by Crippen LogP contribution is -2.52. The van der Waals surface area contributed by atoms with E-state index in [1.165, 1.54) is 22.3 Å². The van der Waals surface area contributed by atoms with Crippen molar-refractivity contribution in [2.24, 2.45) is 16.7 Å². The molecule has 5 atom stereocenters. The number of carbonyl (C=O) groups excluding carboxylic acids is 1. The first-order valence-electron chi connectivity index (χ1n) is 12.6. The highest BCUT2D eigenvalue weighted by Crippen LogP contribution is 2.70. The first-order valence-corrected chi connectivity index (χ1v) is 12.6. The Balaban J connectivity index is 1.62. The second-order valence-corrected chi connectivity index (χ2v) is 11.2. The fraction of sp³-hybridized carbons (Fsp3) is 0.567. The number of fused-ring (bicyclic) bond motifs is 4. The van der Waals surface area contributed by atoms with Crippen LogP contribution in [0.3, 0.4) is 0 Å². The van der Waals surface area contributed by atoms with E-state index in [2.05, 4.69) is 43.9 Å². The summed E-state index contributed by atoms with van der Waals surface area (Å²) in [5.41, 5.74) is 7.92. The highest BCUT2D eigenvalue weighted by Gasteiger charge is 2.64. The van der Waals surface area contributed by atoms with Crippen molar-refractivity contribution in [2.75, 3.05) is 0 Å². The average molecular weight is 427 g/mol. The van der Waals surface area contributed by atoms with E-state index < -0.39 is 5.60 Å².